The van der Waals surface area contributed by atoms with Gasteiger partial charge in [0, 0.05) is 11.1 Å². The normalized spacial score (nSPS) is 12.3. The van der Waals surface area contributed by atoms with Crippen molar-refractivity contribution in [2.45, 2.75) is 39.2 Å². The van der Waals surface area contributed by atoms with E-state index in [9.17, 15) is 4.79 Å². The molecule has 0 spiro atoms. The number of carboxylic acid groups (broad SMARTS) is 2. The second-order valence-electron chi connectivity index (χ2n) is 6.61. The molecule has 3 rings (SSSR count). The predicted octanol–water partition coefficient (Wildman–Crippen LogP) is -0.545. The fourth-order valence-corrected chi connectivity index (χ4v) is 2.89. The third kappa shape index (κ3) is 5.49. The zero-order valence-corrected chi connectivity index (χ0v) is 15.3. The topological polar surface area (TPSA) is 136 Å². The summed E-state index contributed by atoms with van der Waals surface area (Å²) in [6.07, 6.45) is 3.15. The first-order valence-corrected chi connectivity index (χ1v) is 8.77. The molecule has 144 valence electrons. The van der Waals surface area contributed by atoms with Gasteiger partial charge in [-0.15, -0.1) is 0 Å². The average molecular weight is 373 g/mol. The van der Waals surface area contributed by atoms with Crippen LogP contribution >= 0.6 is 0 Å². The number of carboxylic acids is 2. The summed E-state index contributed by atoms with van der Waals surface area (Å²) in [5.74, 6) is -3.95. The number of para-hydroxylation sites is 1. The molecule has 0 bridgehead atoms. The van der Waals surface area contributed by atoms with Gasteiger partial charge in [-0.3, -0.25) is 9.78 Å². The summed E-state index contributed by atoms with van der Waals surface area (Å²) < 4.78 is 0. The van der Waals surface area contributed by atoms with Gasteiger partial charge >= 0.3 is 5.97 Å². The summed E-state index contributed by atoms with van der Waals surface area (Å²) in [6.45, 7) is 4.64. The Labute approximate surface area is 156 Å². The molecule has 1 amide bonds. The number of aryl methyl sites for hydroxylation is 1. The van der Waals surface area contributed by atoms with Crippen molar-refractivity contribution < 1.29 is 29.9 Å². The molecule has 1 aromatic carbocycles. The molecule has 8 nitrogen and oxygen atoms in total. The molecule has 27 heavy (non-hydrogen) atoms. The number of hydrogen-bond donors (Lipinski definition) is 3. The SMILES string of the molecule is CC(C)[NH2+]CC(=O)Nc1c2c(nc3ccccc13)CCC2.O=C([O-])C(=O)O. The Balaban J connectivity index is 0.000000380. The summed E-state index contributed by atoms with van der Waals surface area (Å²) in [6, 6.07) is 8.48. The van der Waals surface area contributed by atoms with Crippen LogP contribution in [0.5, 0.6) is 0 Å². The van der Waals surface area contributed by atoms with Crippen LogP contribution in [-0.4, -0.2) is 40.5 Å². The number of nitrogens with one attached hydrogen (secondary N) is 1. The number of nitrogens with two attached hydrogens (primary N) is 1. The van der Waals surface area contributed by atoms with Gasteiger partial charge in [0.15, 0.2) is 12.5 Å². The van der Waals surface area contributed by atoms with Gasteiger partial charge in [-0.05, 0) is 44.7 Å². The number of benzene rings is 1. The van der Waals surface area contributed by atoms with Crippen molar-refractivity contribution in [1.29, 1.82) is 0 Å². The highest BCUT2D eigenvalue weighted by Crippen LogP contribution is 2.33. The van der Waals surface area contributed by atoms with E-state index in [2.05, 4.69) is 19.2 Å². The number of carbonyl (C=O) groups excluding carboxylic acids is 2. The molecule has 1 aromatic heterocycles. The van der Waals surface area contributed by atoms with Gasteiger partial charge in [-0.1, -0.05) is 18.2 Å². The molecule has 8 heteroatoms. The number of hydrogen-bond acceptors (Lipinski definition) is 5. The van der Waals surface area contributed by atoms with Gasteiger partial charge in [0.25, 0.3) is 5.91 Å². The van der Waals surface area contributed by atoms with E-state index < -0.39 is 11.9 Å². The van der Waals surface area contributed by atoms with E-state index in [0.29, 0.717) is 12.6 Å². The largest absolute Gasteiger partial charge is 0.539 e. The quantitative estimate of drug-likeness (QED) is 0.616. The lowest BCUT2D eigenvalue weighted by Gasteiger charge is -2.13. The number of carbonyl (C=O) groups is 3. The molecule has 1 heterocycles. The Kier molecular flexibility index (Phi) is 6.84. The lowest BCUT2D eigenvalue weighted by molar-refractivity contribution is -0.672. The molecule has 1 aliphatic carbocycles. The smallest absolute Gasteiger partial charge is 0.351 e. The maximum Gasteiger partial charge on any atom is 0.351 e. The van der Waals surface area contributed by atoms with E-state index in [1.54, 1.807) is 0 Å². The Morgan fingerprint density at radius 3 is 2.56 bits per heavy atom. The summed E-state index contributed by atoms with van der Waals surface area (Å²) >= 11 is 0. The maximum absolute atomic E-state index is 12.2. The Hall–Kier alpha value is -3.00. The molecule has 4 N–H and O–H groups in total. The van der Waals surface area contributed by atoms with Gasteiger partial charge in [-0.25, -0.2) is 4.79 Å². The molecule has 0 saturated carbocycles. The minimum absolute atomic E-state index is 0.0640. The number of amides is 1. The molecular weight excluding hydrogens is 350 g/mol. The second kappa shape index (κ2) is 9.09. The van der Waals surface area contributed by atoms with Crippen LogP contribution in [0, 0.1) is 0 Å². The monoisotopic (exact) mass is 373 g/mol. The molecule has 0 radical (unpaired) electrons. The Morgan fingerprint density at radius 1 is 1.26 bits per heavy atom. The summed E-state index contributed by atoms with van der Waals surface area (Å²) in [4.78, 5) is 35.0. The van der Waals surface area contributed by atoms with E-state index in [4.69, 9.17) is 24.8 Å². The van der Waals surface area contributed by atoms with Crippen molar-refractivity contribution in [3.05, 3.63) is 35.5 Å². The maximum atomic E-state index is 12.2. The van der Waals surface area contributed by atoms with Crippen LogP contribution in [0.1, 0.15) is 31.5 Å². The van der Waals surface area contributed by atoms with Crippen molar-refractivity contribution in [3.8, 4) is 0 Å². The Bertz CT molecular complexity index is 852. The number of aliphatic carboxylic acids is 2. The molecule has 0 atom stereocenters. The van der Waals surface area contributed by atoms with Crippen molar-refractivity contribution in [3.63, 3.8) is 0 Å². The van der Waals surface area contributed by atoms with Crippen LogP contribution < -0.4 is 15.7 Å². The highest BCUT2D eigenvalue weighted by molar-refractivity contribution is 6.26. The van der Waals surface area contributed by atoms with Crippen LogP contribution in [0.4, 0.5) is 5.69 Å². The fourth-order valence-electron chi connectivity index (χ4n) is 2.89. The highest BCUT2D eigenvalue weighted by atomic mass is 16.4. The predicted molar refractivity (Wildman–Crippen MR) is 97.0 cm³/mol. The average Bonchev–Trinajstić information content (AvgIpc) is 3.08. The number of rotatable bonds is 4. The van der Waals surface area contributed by atoms with Crippen LogP contribution in [-0.2, 0) is 27.2 Å². The van der Waals surface area contributed by atoms with Crippen LogP contribution in [0.2, 0.25) is 0 Å². The third-order valence-corrected chi connectivity index (χ3v) is 4.13. The number of pyridine rings is 1. The number of quaternary nitrogens is 1. The van der Waals surface area contributed by atoms with E-state index in [-0.39, 0.29) is 5.91 Å². The molecule has 0 saturated heterocycles. The van der Waals surface area contributed by atoms with E-state index in [0.717, 1.165) is 41.5 Å². The lowest BCUT2D eigenvalue weighted by atomic mass is 10.1. The number of fused-ring (bicyclic) bond motifs is 2. The van der Waals surface area contributed by atoms with Gasteiger partial charge in [0.1, 0.15) is 0 Å². The molecular formula is C19H23N3O5. The molecule has 0 fully saturated rings. The first-order chi connectivity index (χ1) is 12.8. The first kappa shape index (κ1) is 20.3. The fraction of sp³-hybridized carbons (Fsp3) is 0.368. The van der Waals surface area contributed by atoms with Gasteiger partial charge in [0.2, 0.25) is 0 Å². The molecule has 1 aliphatic rings. The van der Waals surface area contributed by atoms with Crippen LogP contribution in [0.15, 0.2) is 24.3 Å². The molecule has 0 unspecified atom stereocenters. The number of nitrogens with zero attached hydrogens (tertiary/aromatic N) is 1. The Morgan fingerprint density at radius 2 is 1.93 bits per heavy atom. The lowest BCUT2D eigenvalue weighted by Crippen LogP contribution is -2.90. The van der Waals surface area contributed by atoms with Crippen molar-refractivity contribution in [1.82, 2.24) is 4.98 Å². The van der Waals surface area contributed by atoms with Gasteiger partial charge in [0.05, 0.1) is 17.2 Å². The van der Waals surface area contributed by atoms with Gasteiger partial charge in [-0.2, -0.15) is 0 Å². The van der Waals surface area contributed by atoms with Gasteiger partial charge < -0.3 is 25.6 Å². The number of aromatic nitrogens is 1. The van der Waals surface area contributed by atoms with E-state index in [1.165, 1.54) is 5.56 Å². The van der Waals surface area contributed by atoms with E-state index >= 15 is 0 Å². The zero-order valence-electron chi connectivity index (χ0n) is 15.3. The third-order valence-electron chi connectivity index (χ3n) is 4.13. The number of anilines is 1. The molecule has 2 aromatic rings. The van der Waals surface area contributed by atoms with E-state index in [1.807, 2.05) is 29.6 Å². The van der Waals surface area contributed by atoms with Crippen molar-refractivity contribution >= 4 is 34.4 Å². The minimum Gasteiger partial charge on any atom is -0.539 e. The van der Waals surface area contributed by atoms with Crippen molar-refractivity contribution in [2.24, 2.45) is 0 Å². The zero-order chi connectivity index (χ0) is 20.0. The van der Waals surface area contributed by atoms with Crippen LogP contribution in [0.3, 0.4) is 0 Å². The minimum atomic E-state index is -2.07. The van der Waals surface area contributed by atoms with Crippen LogP contribution in [0.25, 0.3) is 10.9 Å². The standard InChI is InChI=1S/C17H21N3O.C2H2O4/c1-11(2)18-10-16(21)20-17-12-6-3-4-8-14(12)19-15-9-5-7-13(15)17;3-1(4)2(5)6/h3-4,6,8,11,18H,5,7,9-10H2,1-2H3,(H,19,20,21);(H,3,4)(H,5,6). The van der Waals surface area contributed by atoms with Crippen molar-refractivity contribution in [2.75, 3.05) is 11.9 Å². The first-order valence-electron chi connectivity index (χ1n) is 8.77. The summed E-state index contributed by atoms with van der Waals surface area (Å²) in [7, 11) is 0. The summed E-state index contributed by atoms with van der Waals surface area (Å²) in [5, 5.41) is 22.5. The second-order valence-corrected chi connectivity index (χ2v) is 6.61. The molecule has 0 aliphatic heterocycles. The highest BCUT2D eigenvalue weighted by Gasteiger charge is 2.21. The summed E-state index contributed by atoms with van der Waals surface area (Å²) in [5.41, 5.74) is 4.33.